The molecule has 0 aliphatic heterocycles. The van der Waals surface area contributed by atoms with E-state index in [1.165, 1.54) is 6.26 Å². The summed E-state index contributed by atoms with van der Waals surface area (Å²) in [6, 6.07) is 10.3. The van der Waals surface area contributed by atoms with Crippen LogP contribution < -0.4 is 10.6 Å². The number of allylic oxidation sites excluding steroid dienone is 2. The van der Waals surface area contributed by atoms with Crippen LogP contribution in [0.2, 0.25) is 0 Å². The number of carbonyl (C=O) groups is 2. The first kappa shape index (κ1) is 15.1. The molecular formula is C18H18N2O3. The molecule has 0 bridgehead atoms. The number of nitrogens with one attached hydrogen (secondary N) is 2. The Morgan fingerprint density at radius 1 is 1.09 bits per heavy atom. The third kappa shape index (κ3) is 4.10. The summed E-state index contributed by atoms with van der Waals surface area (Å²) in [4.78, 5) is 23.8. The Balaban J connectivity index is 1.53. The molecule has 1 heterocycles. The molecule has 3 rings (SSSR count). The Morgan fingerprint density at radius 2 is 1.83 bits per heavy atom. The van der Waals surface area contributed by atoms with E-state index >= 15 is 0 Å². The second kappa shape index (κ2) is 6.96. The normalized spacial score (nSPS) is 16.3. The number of hydrogen-bond donors (Lipinski definition) is 2. The zero-order valence-electron chi connectivity index (χ0n) is 12.6. The third-order valence-corrected chi connectivity index (χ3v) is 3.73. The molecule has 5 heteroatoms. The van der Waals surface area contributed by atoms with Crippen molar-refractivity contribution in [1.82, 2.24) is 0 Å². The molecule has 2 N–H and O–H groups in total. The third-order valence-electron chi connectivity index (χ3n) is 3.73. The lowest BCUT2D eigenvalue weighted by atomic mass is 10.1. The van der Waals surface area contributed by atoms with Gasteiger partial charge >= 0.3 is 0 Å². The van der Waals surface area contributed by atoms with Gasteiger partial charge in [0.1, 0.15) is 0 Å². The molecule has 2 amide bonds. The van der Waals surface area contributed by atoms with E-state index in [9.17, 15) is 9.59 Å². The van der Waals surface area contributed by atoms with Crippen LogP contribution >= 0.6 is 0 Å². The molecule has 0 saturated heterocycles. The van der Waals surface area contributed by atoms with Crippen LogP contribution in [0, 0.1) is 5.92 Å². The second-order valence-electron chi connectivity index (χ2n) is 5.53. The van der Waals surface area contributed by atoms with E-state index in [0.29, 0.717) is 23.7 Å². The maximum Gasteiger partial charge on any atom is 0.291 e. The van der Waals surface area contributed by atoms with Gasteiger partial charge in [0.2, 0.25) is 5.91 Å². The van der Waals surface area contributed by atoms with E-state index < -0.39 is 0 Å². The van der Waals surface area contributed by atoms with Gasteiger partial charge in [0, 0.05) is 17.8 Å². The van der Waals surface area contributed by atoms with E-state index in [1.54, 1.807) is 36.4 Å². The van der Waals surface area contributed by atoms with Gasteiger partial charge in [-0.15, -0.1) is 0 Å². The van der Waals surface area contributed by atoms with Gasteiger partial charge < -0.3 is 15.1 Å². The summed E-state index contributed by atoms with van der Waals surface area (Å²) in [5.74, 6) is 0.308. The Morgan fingerprint density at radius 3 is 2.43 bits per heavy atom. The highest BCUT2D eigenvalue weighted by molar-refractivity contribution is 6.02. The smallest absolute Gasteiger partial charge is 0.291 e. The number of hydrogen-bond acceptors (Lipinski definition) is 3. The second-order valence-corrected chi connectivity index (χ2v) is 5.53. The van der Waals surface area contributed by atoms with E-state index in [1.807, 2.05) is 0 Å². The molecule has 2 aromatic rings. The van der Waals surface area contributed by atoms with Crippen molar-refractivity contribution in [2.24, 2.45) is 5.92 Å². The van der Waals surface area contributed by atoms with Crippen LogP contribution in [0.25, 0.3) is 0 Å². The first-order chi connectivity index (χ1) is 11.2. The van der Waals surface area contributed by atoms with Crippen molar-refractivity contribution in [2.45, 2.75) is 19.3 Å². The van der Waals surface area contributed by atoms with E-state index in [4.69, 9.17) is 4.42 Å². The van der Waals surface area contributed by atoms with Gasteiger partial charge in [0.05, 0.1) is 6.26 Å². The van der Waals surface area contributed by atoms with Gasteiger partial charge in [-0.05, 0) is 55.2 Å². The largest absolute Gasteiger partial charge is 0.459 e. The molecule has 1 atom stereocenters. The molecule has 0 saturated carbocycles. The van der Waals surface area contributed by atoms with Crippen molar-refractivity contribution in [3.05, 3.63) is 60.6 Å². The molecule has 1 aromatic carbocycles. The van der Waals surface area contributed by atoms with Crippen molar-refractivity contribution in [1.29, 1.82) is 0 Å². The summed E-state index contributed by atoms with van der Waals surface area (Å²) in [5.41, 5.74) is 1.36. The van der Waals surface area contributed by atoms with Gasteiger partial charge in [0.25, 0.3) is 5.91 Å². The highest BCUT2D eigenvalue weighted by Crippen LogP contribution is 2.21. The lowest BCUT2D eigenvalue weighted by molar-refractivity contribution is -0.116. The fraction of sp³-hybridized carbons (Fsp3) is 0.222. The minimum Gasteiger partial charge on any atom is -0.459 e. The quantitative estimate of drug-likeness (QED) is 0.825. The Labute approximate surface area is 134 Å². The van der Waals surface area contributed by atoms with Crippen LogP contribution in [0.15, 0.2) is 59.2 Å². The van der Waals surface area contributed by atoms with Gasteiger partial charge in [-0.2, -0.15) is 0 Å². The van der Waals surface area contributed by atoms with Crippen LogP contribution in [0.5, 0.6) is 0 Å². The Hall–Kier alpha value is -2.82. The van der Waals surface area contributed by atoms with Crippen molar-refractivity contribution < 1.29 is 14.0 Å². The SMILES string of the molecule is O=C(C[C@@H]1C=CCC1)Nc1ccc(NC(=O)c2ccco2)cc1. The molecule has 0 fully saturated rings. The minimum atomic E-state index is -0.306. The average Bonchev–Trinajstić information content (AvgIpc) is 3.22. The molecule has 0 unspecified atom stereocenters. The maximum atomic E-state index is 12.0. The predicted octanol–water partition coefficient (Wildman–Crippen LogP) is 3.83. The molecule has 0 spiro atoms. The van der Waals surface area contributed by atoms with Gasteiger partial charge in [-0.3, -0.25) is 9.59 Å². The number of furan rings is 1. The molecule has 1 aromatic heterocycles. The summed E-state index contributed by atoms with van der Waals surface area (Å²) in [6.45, 7) is 0. The molecule has 23 heavy (non-hydrogen) atoms. The van der Waals surface area contributed by atoms with Crippen LogP contribution in [0.4, 0.5) is 11.4 Å². The maximum absolute atomic E-state index is 12.0. The van der Waals surface area contributed by atoms with Gasteiger partial charge in [-0.1, -0.05) is 12.2 Å². The number of benzene rings is 1. The molecule has 5 nitrogen and oxygen atoms in total. The summed E-state index contributed by atoms with van der Waals surface area (Å²) in [6.07, 6.45) is 8.29. The fourth-order valence-corrected chi connectivity index (χ4v) is 2.55. The zero-order chi connectivity index (χ0) is 16.1. The fourth-order valence-electron chi connectivity index (χ4n) is 2.55. The number of carbonyl (C=O) groups excluding carboxylic acids is 2. The minimum absolute atomic E-state index is 0.00826. The van der Waals surface area contributed by atoms with Crippen molar-refractivity contribution in [2.75, 3.05) is 10.6 Å². The summed E-state index contributed by atoms with van der Waals surface area (Å²) < 4.78 is 5.03. The van der Waals surface area contributed by atoms with Crippen molar-refractivity contribution in [3.8, 4) is 0 Å². The molecule has 0 radical (unpaired) electrons. The standard InChI is InChI=1S/C18H18N2O3/c21-17(12-13-4-1-2-5-13)19-14-7-9-15(10-8-14)20-18(22)16-6-3-11-23-16/h1,3-4,6-11,13H,2,5,12H2,(H,19,21)(H,20,22)/t13-/m1/s1. The summed E-state index contributed by atoms with van der Waals surface area (Å²) in [5, 5.41) is 5.60. The van der Waals surface area contributed by atoms with Gasteiger partial charge in [0.15, 0.2) is 5.76 Å². The Kier molecular flexibility index (Phi) is 4.57. The van der Waals surface area contributed by atoms with Crippen LogP contribution in [-0.4, -0.2) is 11.8 Å². The summed E-state index contributed by atoms with van der Waals surface area (Å²) in [7, 11) is 0. The lowest BCUT2D eigenvalue weighted by Crippen LogP contribution is -2.15. The zero-order valence-corrected chi connectivity index (χ0v) is 12.6. The molecule has 118 valence electrons. The van der Waals surface area contributed by atoms with E-state index in [-0.39, 0.29) is 17.6 Å². The average molecular weight is 310 g/mol. The predicted molar refractivity (Wildman–Crippen MR) is 88.2 cm³/mol. The van der Waals surface area contributed by atoms with Crippen molar-refractivity contribution >= 4 is 23.2 Å². The first-order valence-electron chi connectivity index (χ1n) is 7.62. The van der Waals surface area contributed by atoms with Crippen LogP contribution in [0.3, 0.4) is 0 Å². The highest BCUT2D eigenvalue weighted by atomic mass is 16.3. The number of rotatable bonds is 5. The number of anilines is 2. The Bertz CT molecular complexity index is 702. The topological polar surface area (TPSA) is 71.3 Å². The van der Waals surface area contributed by atoms with Crippen LogP contribution in [0.1, 0.15) is 29.8 Å². The lowest BCUT2D eigenvalue weighted by Gasteiger charge is -2.09. The molecule has 1 aliphatic carbocycles. The van der Waals surface area contributed by atoms with Crippen LogP contribution in [-0.2, 0) is 4.79 Å². The van der Waals surface area contributed by atoms with E-state index in [0.717, 1.165) is 12.8 Å². The highest BCUT2D eigenvalue weighted by Gasteiger charge is 2.14. The van der Waals surface area contributed by atoms with Gasteiger partial charge in [-0.25, -0.2) is 0 Å². The van der Waals surface area contributed by atoms with Crippen molar-refractivity contribution in [3.63, 3.8) is 0 Å². The summed E-state index contributed by atoms with van der Waals surface area (Å²) >= 11 is 0. The molecular weight excluding hydrogens is 292 g/mol. The molecule has 1 aliphatic rings. The monoisotopic (exact) mass is 310 g/mol. The van der Waals surface area contributed by atoms with E-state index in [2.05, 4.69) is 22.8 Å². The first-order valence-corrected chi connectivity index (χ1v) is 7.62. The number of amides is 2.